The highest BCUT2D eigenvalue weighted by Gasteiger charge is 2.51. The zero-order valence-electron chi connectivity index (χ0n) is 12.6. The summed E-state index contributed by atoms with van der Waals surface area (Å²) in [6, 6.07) is 11.6. The number of aromatic nitrogens is 1. The lowest BCUT2D eigenvalue weighted by Crippen LogP contribution is -2.76. The lowest BCUT2D eigenvalue weighted by atomic mass is 9.84. The van der Waals surface area contributed by atoms with Crippen LogP contribution >= 0.6 is 0 Å². The number of carbonyl (C=O) groups is 1. The van der Waals surface area contributed by atoms with E-state index in [1.807, 2.05) is 0 Å². The Bertz CT molecular complexity index is 686. The predicted octanol–water partition coefficient (Wildman–Crippen LogP) is -1.19. The normalized spacial score (nSPS) is 29.9. The van der Waals surface area contributed by atoms with Crippen molar-refractivity contribution in [3.05, 3.63) is 66.0 Å². The van der Waals surface area contributed by atoms with E-state index in [0.717, 1.165) is 0 Å². The van der Waals surface area contributed by atoms with Gasteiger partial charge in [0.15, 0.2) is 6.35 Å². The maximum atomic E-state index is 12.6. The van der Waals surface area contributed by atoms with Gasteiger partial charge in [-0.15, -0.1) is 0 Å². The van der Waals surface area contributed by atoms with Gasteiger partial charge in [0.25, 0.3) is 5.91 Å². The summed E-state index contributed by atoms with van der Waals surface area (Å²) in [7, 11) is 0. The van der Waals surface area contributed by atoms with Crippen molar-refractivity contribution in [1.29, 1.82) is 0 Å². The summed E-state index contributed by atoms with van der Waals surface area (Å²) in [5.74, 6) is -0.501. The highest BCUT2D eigenvalue weighted by Crippen LogP contribution is 2.30. The van der Waals surface area contributed by atoms with Crippen molar-refractivity contribution < 1.29 is 20.1 Å². The first-order valence-electron chi connectivity index (χ1n) is 7.38. The second kappa shape index (κ2) is 6.63. The summed E-state index contributed by atoms with van der Waals surface area (Å²) in [5, 5.41) is 38.3. The molecular formula is C16H18N4O4. The summed E-state index contributed by atoms with van der Waals surface area (Å²) in [4.78, 5) is 16.4. The van der Waals surface area contributed by atoms with Gasteiger partial charge >= 0.3 is 0 Å². The largest absolute Gasteiger partial charge is 0.375 e. The van der Waals surface area contributed by atoms with E-state index >= 15 is 0 Å². The third-order valence-electron chi connectivity index (χ3n) is 4.01. The third kappa shape index (κ3) is 2.88. The van der Waals surface area contributed by atoms with Gasteiger partial charge in [-0.05, 0) is 17.7 Å². The van der Waals surface area contributed by atoms with E-state index in [2.05, 4.69) is 20.9 Å². The van der Waals surface area contributed by atoms with Crippen LogP contribution in [0.5, 0.6) is 0 Å². The molecule has 0 saturated carbocycles. The summed E-state index contributed by atoms with van der Waals surface area (Å²) in [6.45, 7) is 0. The molecule has 1 amide bonds. The standard InChI is InChI=1S/C16H18N4O4/c21-12(10-6-8-17-9-7-10)20-16(11-4-2-1-3-5-11)13(22)18-15(24)19-14(16)23/h1-9,13-15,18-19,22-24H,(H,20,21). The van der Waals surface area contributed by atoms with Crippen LogP contribution in [0.25, 0.3) is 0 Å². The molecule has 2 aromatic rings. The number of nitrogens with one attached hydrogen (secondary N) is 3. The number of aliphatic hydroxyl groups is 3. The molecule has 1 aliphatic heterocycles. The number of aliphatic hydroxyl groups excluding tert-OH is 3. The van der Waals surface area contributed by atoms with Gasteiger partial charge in [0.05, 0.1) is 0 Å². The van der Waals surface area contributed by atoms with Crippen LogP contribution < -0.4 is 16.0 Å². The summed E-state index contributed by atoms with van der Waals surface area (Å²) < 4.78 is 0. The van der Waals surface area contributed by atoms with Crippen molar-refractivity contribution in [2.24, 2.45) is 0 Å². The smallest absolute Gasteiger partial charge is 0.252 e. The molecule has 8 heteroatoms. The third-order valence-corrected chi connectivity index (χ3v) is 4.01. The Morgan fingerprint density at radius 2 is 1.58 bits per heavy atom. The highest BCUT2D eigenvalue weighted by atomic mass is 16.4. The molecule has 6 N–H and O–H groups in total. The second-order valence-electron chi connectivity index (χ2n) is 5.47. The lowest BCUT2D eigenvalue weighted by Gasteiger charge is -2.48. The molecule has 0 bridgehead atoms. The molecule has 1 aromatic heterocycles. The Morgan fingerprint density at radius 3 is 2.17 bits per heavy atom. The minimum atomic E-state index is -1.60. The van der Waals surface area contributed by atoms with Crippen LogP contribution in [0.3, 0.4) is 0 Å². The molecule has 1 saturated heterocycles. The van der Waals surface area contributed by atoms with Gasteiger partial charge in [-0.25, -0.2) is 0 Å². The molecule has 24 heavy (non-hydrogen) atoms. The first-order chi connectivity index (χ1) is 11.5. The predicted molar refractivity (Wildman–Crippen MR) is 84.1 cm³/mol. The molecule has 1 fully saturated rings. The number of rotatable bonds is 3. The van der Waals surface area contributed by atoms with Crippen molar-refractivity contribution >= 4 is 5.91 Å². The molecule has 2 unspecified atom stereocenters. The SMILES string of the molecule is O=C(NC1(c2ccccc2)C(O)NC(O)NC1O)c1ccncc1. The first kappa shape index (κ1) is 16.5. The van der Waals surface area contributed by atoms with Gasteiger partial charge < -0.3 is 20.6 Å². The van der Waals surface area contributed by atoms with Crippen LogP contribution in [0, 0.1) is 0 Å². The van der Waals surface area contributed by atoms with Crippen LogP contribution in [0.2, 0.25) is 0 Å². The van der Waals surface area contributed by atoms with E-state index in [1.54, 1.807) is 30.3 Å². The van der Waals surface area contributed by atoms with Gasteiger partial charge in [-0.3, -0.25) is 20.4 Å². The Kier molecular flexibility index (Phi) is 4.56. The zero-order valence-corrected chi connectivity index (χ0v) is 12.6. The van der Waals surface area contributed by atoms with E-state index < -0.39 is 30.3 Å². The fraction of sp³-hybridized carbons (Fsp3) is 0.250. The monoisotopic (exact) mass is 330 g/mol. The topological polar surface area (TPSA) is 127 Å². The van der Waals surface area contributed by atoms with Crippen molar-refractivity contribution in [3.63, 3.8) is 0 Å². The Hall–Kier alpha value is -2.36. The van der Waals surface area contributed by atoms with Crippen LogP contribution in [0.4, 0.5) is 0 Å². The van der Waals surface area contributed by atoms with E-state index in [1.165, 1.54) is 24.5 Å². The van der Waals surface area contributed by atoms with E-state index in [0.29, 0.717) is 11.1 Å². The molecule has 0 spiro atoms. The fourth-order valence-electron chi connectivity index (χ4n) is 2.76. The van der Waals surface area contributed by atoms with Crippen molar-refractivity contribution in [2.75, 3.05) is 0 Å². The number of nitrogens with zero attached hydrogens (tertiary/aromatic N) is 1. The first-order valence-corrected chi connectivity index (χ1v) is 7.38. The van der Waals surface area contributed by atoms with E-state index in [9.17, 15) is 20.1 Å². The number of hydrogen-bond donors (Lipinski definition) is 6. The minimum Gasteiger partial charge on any atom is -0.375 e. The Morgan fingerprint density at radius 1 is 1.00 bits per heavy atom. The molecule has 0 radical (unpaired) electrons. The molecule has 1 aromatic carbocycles. The van der Waals surface area contributed by atoms with Gasteiger partial charge in [-0.1, -0.05) is 30.3 Å². The Balaban J connectivity index is 2.01. The van der Waals surface area contributed by atoms with Crippen LogP contribution in [0.15, 0.2) is 54.9 Å². The Labute approximate surface area is 138 Å². The zero-order chi connectivity index (χ0) is 17.2. The van der Waals surface area contributed by atoms with E-state index in [4.69, 9.17) is 0 Å². The van der Waals surface area contributed by atoms with Crippen LogP contribution in [0.1, 0.15) is 15.9 Å². The molecule has 2 atom stereocenters. The van der Waals surface area contributed by atoms with Gasteiger partial charge in [0.1, 0.15) is 18.0 Å². The average Bonchev–Trinajstić information content (AvgIpc) is 2.59. The van der Waals surface area contributed by atoms with Gasteiger partial charge in [-0.2, -0.15) is 0 Å². The number of pyridine rings is 1. The maximum Gasteiger partial charge on any atom is 0.252 e. The van der Waals surface area contributed by atoms with E-state index in [-0.39, 0.29) is 0 Å². The average molecular weight is 330 g/mol. The molecule has 8 nitrogen and oxygen atoms in total. The lowest BCUT2D eigenvalue weighted by molar-refractivity contribution is -0.145. The molecular weight excluding hydrogens is 312 g/mol. The summed E-state index contributed by atoms with van der Waals surface area (Å²) in [5.41, 5.74) is -0.800. The number of hydrogen-bond acceptors (Lipinski definition) is 7. The molecule has 1 aliphatic rings. The molecule has 126 valence electrons. The highest BCUT2D eigenvalue weighted by molar-refractivity contribution is 5.94. The minimum absolute atomic E-state index is 0.325. The van der Waals surface area contributed by atoms with Gasteiger partial charge in [0, 0.05) is 18.0 Å². The molecule has 0 aliphatic carbocycles. The molecule has 3 rings (SSSR count). The maximum absolute atomic E-state index is 12.6. The summed E-state index contributed by atoms with van der Waals surface area (Å²) >= 11 is 0. The van der Waals surface area contributed by atoms with Crippen molar-refractivity contribution in [1.82, 2.24) is 20.9 Å². The van der Waals surface area contributed by atoms with Crippen LogP contribution in [-0.2, 0) is 5.54 Å². The van der Waals surface area contributed by atoms with Gasteiger partial charge in [0.2, 0.25) is 0 Å². The second-order valence-corrected chi connectivity index (χ2v) is 5.47. The fourth-order valence-corrected chi connectivity index (χ4v) is 2.76. The number of benzene rings is 1. The quantitative estimate of drug-likeness (QED) is 0.418. The number of carbonyl (C=O) groups excluding carboxylic acids is 1. The van der Waals surface area contributed by atoms with Crippen molar-refractivity contribution in [2.45, 2.75) is 24.3 Å². The van der Waals surface area contributed by atoms with Crippen molar-refractivity contribution in [3.8, 4) is 0 Å². The van der Waals surface area contributed by atoms with Crippen LogP contribution in [-0.4, -0.2) is 45.0 Å². The molecule has 2 heterocycles. The number of amides is 1. The summed E-state index contributed by atoms with van der Waals surface area (Å²) in [6.07, 6.45) is -1.24.